The van der Waals surface area contributed by atoms with E-state index in [2.05, 4.69) is 27.8 Å². The summed E-state index contributed by atoms with van der Waals surface area (Å²) in [6.07, 6.45) is 4.30. The van der Waals surface area contributed by atoms with Crippen LogP contribution in [-0.2, 0) is 6.54 Å². The monoisotopic (exact) mass is 382 g/mol. The number of nitrogens with one attached hydrogen (secondary N) is 2. The van der Waals surface area contributed by atoms with Gasteiger partial charge in [-0.3, -0.25) is 14.5 Å². The highest BCUT2D eigenvalue weighted by Crippen LogP contribution is 2.35. The van der Waals surface area contributed by atoms with Crippen LogP contribution in [0.15, 0.2) is 24.5 Å². The van der Waals surface area contributed by atoms with Gasteiger partial charge >= 0.3 is 6.03 Å². The van der Waals surface area contributed by atoms with Crippen molar-refractivity contribution in [3.8, 4) is 0 Å². The second-order valence-electron chi connectivity index (χ2n) is 7.17. The molecule has 2 aliphatic rings. The van der Waals surface area contributed by atoms with Crippen LogP contribution in [0.5, 0.6) is 0 Å². The fourth-order valence-electron chi connectivity index (χ4n) is 3.44. The van der Waals surface area contributed by atoms with Gasteiger partial charge in [0.05, 0.1) is 17.2 Å². The number of rotatable bonds is 6. The maximum Gasteiger partial charge on any atom is 0.319 e. The van der Waals surface area contributed by atoms with E-state index in [1.165, 1.54) is 4.90 Å². The van der Waals surface area contributed by atoms with Gasteiger partial charge in [-0.25, -0.2) is 4.79 Å². The summed E-state index contributed by atoms with van der Waals surface area (Å²) < 4.78 is 1.90. The molecule has 146 valence electrons. The molecule has 0 radical (unpaired) electrons. The number of fused-ring (bicyclic) bond motifs is 1. The molecule has 1 fully saturated rings. The average Bonchev–Trinajstić information content (AvgIpc) is 3.32. The molecule has 0 saturated heterocycles. The number of hydrogen-bond donors (Lipinski definition) is 2. The van der Waals surface area contributed by atoms with Gasteiger partial charge in [0.2, 0.25) is 0 Å². The molecule has 0 spiro atoms. The molecule has 4 amide bonds. The quantitative estimate of drug-likeness (QED) is 0.745. The number of amides is 4. The number of imide groups is 1. The van der Waals surface area contributed by atoms with Crippen molar-refractivity contribution in [1.29, 1.82) is 0 Å². The third-order valence-electron chi connectivity index (χ3n) is 4.93. The van der Waals surface area contributed by atoms with Gasteiger partial charge in [0.15, 0.2) is 5.82 Å². The predicted molar refractivity (Wildman–Crippen MR) is 101 cm³/mol. The summed E-state index contributed by atoms with van der Waals surface area (Å²) in [5.74, 6) is 0.141. The van der Waals surface area contributed by atoms with Gasteiger partial charge in [-0.1, -0.05) is 6.92 Å². The van der Waals surface area contributed by atoms with E-state index < -0.39 is 6.03 Å². The Morgan fingerprint density at radius 2 is 2.00 bits per heavy atom. The zero-order chi connectivity index (χ0) is 19.8. The van der Waals surface area contributed by atoms with Crippen molar-refractivity contribution in [1.82, 2.24) is 25.0 Å². The average molecular weight is 382 g/mol. The molecule has 4 rings (SSSR count). The van der Waals surface area contributed by atoms with Gasteiger partial charge in [0, 0.05) is 18.3 Å². The number of aryl methyl sites for hydroxylation is 1. The number of anilines is 1. The van der Waals surface area contributed by atoms with E-state index in [0.29, 0.717) is 22.6 Å². The first kappa shape index (κ1) is 18.1. The van der Waals surface area contributed by atoms with Gasteiger partial charge < -0.3 is 15.2 Å². The molecule has 9 nitrogen and oxygen atoms in total. The van der Waals surface area contributed by atoms with Crippen LogP contribution < -0.4 is 10.6 Å². The zero-order valence-electron chi connectivity index (χ0n) is 15.8. The van der Waals surface area contributed by atoms with Gasteiger partial charge in [-0.15, -0.1) is 10.2 Å². The second kappa shape index (κ2) is 7.06. The lowest BCUT2D eigenvalue weighted by molar-refractivity contribution is 0.0642. The fraction of sp³-hybridized carbons (Fsp3) is 0.421. The maximum absolute atomic E-state index is 12.5. The number of urea groups is 1. The Kier molecular flexibility index (Phi) is 4.58. The minimum Gasteiger partial charge on any atom is -0.328 e. The summed E-state index contributed by atoms with van der Waals surface area (Å²) in [7, 11) is 0. The van der Waals surface area contributed by atoms with Crippen molar-refractivity contribution in [3.63, 3.8) is 0 Å². The van der Waals surface area contributed by atoms with Gasteiger partial charge in [0.1, 0.15) is 6.33 Å². The van der Waals surface area contributed by atoms with E-state index in [4.69, 9.17) is 0 Å². The Morgan fingerprint density at radius 3 is 2.71 bits per heavy atom. The number of carbonyl (C=O) groups is 3. The topological polar surface area (TPSA) is 109 Å². The van der Waals surface area contributed by atoms with Crippen molar-refractivity contribution in [3.05, 3.63) is 41.5 Å². The first-order valence-electron chi connectivity index (χ1n) is 9.46. The molecule has 1 aliphatic heterocycles. The summed E-state index contributed by atoms with van der Waals surface area (Å²) in [5, 5.41) is 13.5. The Bertz CT molecular complexity index is 949. The number of benzene rings is 1. The largest absolute Gasteiger partial charge is 0.328 e. The zero-order valence-corrected chi connectivity index (χ0v) is 15.8. The number of hydrogen-bond acceptors (Lipinski definition) is 5. The lowest BCUT2D eigenvalue weighted by Gasteiger charge is -2.15. The van der Waals surface area contributed by atoms with Crippen LogP contribution in [0.25, 0.3) is 0 Å². The minimum atomic E-state index is -0.422. The van der Waals surface area contributed by atoms with E-state index in [9.17, 15) is 14.4 Å². The number of nitrogens with zero attached hydrogens (tertiary/aromatic N) is 4. The molecule has 2 heterocycles. The minimum absolute atomic E-state index is 0.0217. The molecule has 2 N–H and O–H groups in total. The fourth-order valence-corrected chi connectivity index (χ4v) is 3.44. The molecular weight excluding hydrogens is 360 g/mol. The van der Waals surface area contributed by atoms with Crippen LogP contribution in [0.4, 0.5) is 10.5 Å². The molecule has 9 heteroatoms. The summed E-state index contributed by atoms with van der Waals surface area (Å²) in [6.45, 7) is 4.65. The maximum atomic E-state index is 12.5. The van der Waals surface area contributed by atoms with Crippen LogP contribution in [-0.4, -0.2) is 43.6 Å². The standard InChI is InChI=1S/C19H22N6O3/c1-3-8-24-10-20-23-16(24)11(2)21-19(28)22-12-4-7-14-15(9-12)18(27)25(17(14)26)13-5-6-13/h4,7,9-11,13H,3,5-6,8H2,1-2H3,(H2,21,22,28). The molecule has 1 atom stereocenters. The van der Waals surface area contributed by atoms with Gasteiger partial charge in [-0.05, 0) is 44.4 Å². The molecular formula is C19H22N6O3. The number of aromatic nitrogens is 3. The smallest absolute Gasteiger partial charge is 0.319 e. The molecule has 1 aromatic carbocycles. The van der Waals surface area contributed by atoms with Crippen molar-refractivity contribution in [2.24, 2.45) is 0 Å². The second-order valence-corrected chi connectivity index (χ2v) is 7.17. The SMILES string of the molecule is CCCn1cnnc1C(C)NC(=O)Nc1ccc2c(c1)C(=O)N(C1CC1)C2=O. The van der Waals surface area contributed by atoms with E-state index in [0.717, 1.165) is 25.8 Å². The molecule has 0 bridgehead atoms. The van der Waals surface area contributed by atoms with E-state index >= 15 is 0 Å². The molecule has 2 aromatic rings. The Morgan fingerprint density at radius 1 is 1.25 bits per heavy atom. The van der Waals surface area contributed by atoms with Crippen molar-refractivity contribution >= 4 is 23.5 Å². The molecule has 28 heavy (non-hydrogen) atoms. The van der Waals surface area contributed by atoms with E-state index in [1.54, 1.807) is 24.5 Å². The molecule has 1 aromatic heterocycles. The van der Waals surface area contributed by atoms with Gasteiger partial charge in [0.25, 0.3) is 11.8 Å². The van der Waals surface area contributed by atoms with Crippen LogP contribution in [0.2, 0.25) is 0 Å². The highest BCUT2D eigenvalue weighted by molar-refractivity contribution is 6.22. The van der Waals surface area contributed by atoms with Crippen LogP contribution in [0.3, 0.4) is 0 Å². The predicted octanol–water partition coefficient (Wildman–Crippen LogP) is 2.33. The highest BCUT2D eigenvalue weighted by Gasteiger charge is 2.44. The highest BCUT2D eigenvalue weighted by atomic mass is 16.2. The molecule has 1 saturated carbocycles. The molecule has 1 aliphatic carbocycles. The normalized spacial score (nSPS) is 16.9. The van der Waals surface area contributed by atoms with E-state index in [1.807, 2.05) is 11.5 Å². The third-order valence-corrected chi connectivity index (χ3v) is 4.93. The van der Waals surface area contributed by atoms with Crippen LogP contribution >= 0.6 is 0 Å². The summed E-state index contributed by atoms with van der Waals surface area (Å²) in [6, 6.07) is 4.04. The lowest BCUT2D eigenvalue weighted by atomic mass is 10.1. The van der Waals surface area contributed by atoms with Crippen molar-refractivity contribution in [2.75, 3.05) is 5.32 Å². The Labute approximate surface area is 162 Å². The Balaban J connectivity index is 1.44. The summed E-state index contributed by atoms with van der Waals surface area (Å²) >= 11 is 0. The third kappa shape index (κ3) is 3.23. The summed E-state index contributed by atoms with van der Waals surface area (Å²) in [5.41, 5.74) is 1.19. The van der Waals surface area contributed by atoms with E-state index in [-0.39, 0.29) is 23.9 Å². The number of carbonyl (C=O) groups excluding carboxylic acids is 3. The first-order chi connectivity index (χ1) is 13.5. The lowest BCUT2D eigenvalue weighted by Crippen LogP contribution is -2.32. The van der Waals surface area contributed by atoms with Gasteiger partial charge in [-0.2, -0.15) is 0 Å². The summed E-state index contributed by atoms with van der Waals surface area (Å²) in [4.78, 5) is 38.6. The van der Waals surface area contributed by atoms with Crippen molar-refractivity contribution in [2.45, 2.75) is 51.7 Å². The van der Waals surface area contributed by atoms with Crippen molar-refractivity contribution < 1.29 is 14.4 Å². The molecule has 1 unspecified atom stereocenters. The Hall–Kier alpha value is -3.23. The van der Waals surface area contributed by atoms with Crippen LogP contribution in [0, 0.1) is 0 Å². The van der Waals surface area contributed by atoms with Crippen LogP contribution in [0.1, 0.15) is 65.7 Å². The first-order valence-corrected chi connectivity index (χ1v) is 9.46.